The van der Waals surface area contributed by atoms with Crippen LogP contribution in [0.3, 0.4) is 0 Å². The normalized spacial score (nSPS) is 37.9. The molecule has 1 aromatic rings. The minimum Gasteiger partial charge on any atom is -0.466 e. The van der Waals surface area contributed by atoms with Gasteiger partial charge in [0, 0.05) is 13.0 Å². The van der Waals surface area contributed by atoms with Gasteiger partial charge in [0.15, 0.2) is 0 Å². The zero-order valence-electron chi connectivity index (χ0n) is 18.1. The number of likely N-dealkylation sites (N-methyl/N-ethyl adjacent to an activating group) is 1. The number of carbonyl (C=O) groups is 4. The summed E-state index contributed by atoms with van der Waals surface area (Å²) in [4.78, 5) is 58.7. The Morgan fingerprint density at radius 1 is 0.969 bits per heavy atom. The number of likely N-dealkylation sites (tertiary alicyclic amines) is 1. The number of benzene rings is 1. The molecule has 2 bridgehead atoms. The van der Waals surface area contributed by atoms with Crippen LogP contribution >= 0.6 is 0 Å². The Bertz CT molecular complexity index is 1080. The number of imide groups is 1. The number of ether oxygens (including phenoxy) is 1. The van der Waals surface area contributed by atoms with Crippen molar-refractivity contribution in [3.05, 3.63) is 42.0 Å². The number of para-hydroxylation sites is 1. The largest absolute Gasteiger partial charge is 0.466 e. The number of fused-ring (bicyclic) bond motifs is 1. The number of methoxy groups -OCH3 is 1. The topological polar surface area (TPSA) is 87.2 Å². The number of hydrogen-bond acceptors (Lipinski definition) is 6. The average Bonchev–Trinajstić information content (AvgIpc) is 3.40. The first-order chi connectivity index (χ1) is 15.4. The van der Waals surface area contributed by atoms with Crippen molar-refractivity contribution in [1.82, 2.24) is 9.80 Å². The van der Waals surface area contributed by atoms with Crippen molar-refractivity contribution in [3.63, 3.8) is 0 Å². The van der Waals surface area contributed by atoms with Crippen LogP contribution < -0.4 is 4.90 Å². The number of amides is 3. The fourth-order valence-electron chi connectivity index (χ4n) is 7.22. The van der Waals surface area contributed by atoms with Crippen LogP contribution in [0.2, 0.25) is 0 Å². The van der Waals surface area contributed by atoms with E-state index in [0.29, 0.717) is 11.3 Å². The van der Waals surface area contributed by atoms with Gasteiger partial charge in [-0.15, -0.1) is 0 Å². The molecule has 1 aromatic carbocycles. The minimum atomic E-state index is -0.777. The smallest absolute Gasteiger partial charge is 0.335 e. The molecule has 5 fully saturated rings. The predicted octanol–water partition coefficient (Wildman–Crippen LogP) is 0.826. The molecule has 2 aliphatic carbocycles. The summed E-state index contributed by atoms with van der Waals surface area (Å²) in [6.45, 7) is 1.58. The third-order valence-corrected chi connectivity index (χ3v) is 8.35. The van der Waals surface area contributed by atoms with Crippen LogP contribution in [-0.4, -0.2) is 72.3 Å². The lowest BCUT2D eigenvalue weighted by Gasteiger charge is -2.68. The lowest BCUT2D eigenvalue weighted by Crippen LogP contribution is -2.83. The van der Waals surface area contributed by atoms with Crippen molar-refractivity contribution >= 4 is 29.4 Å². The third kappa shape index (κ3) is 2.07. The van der Waals surface area contributed by atoms with Gasteiger partial charge in [0.25, 0.3) is 0 Å². The van der Waals surface area contributed by atoms with Gasteiger partial charge in [-0.05, 0) is 38.1 Å². The molecule has 1 saturated carbocycles. The highest BCUT2D eigenvalue weighted by Crippen LogP contribution is 2.64. The summed E-state index contributed by atoms with van der Waals surface area (Å²) < 4.78 is 5.11. The monoisotopic (exact) mass is 435 g/mol. The number of hydrogen-bond donors (Lipinski definition) is 0. The summed E-state index contributed by atoms with van der Waals surface area (Å²) in [7, 11) is 3.06. The molecule has 6 aliphatic rings. The van der Waals surface area contributed by atoms with Gasteiger partial charge in [0.1, 0.15) is 0 Å². The summed E-state index contributed by atoms with van der Waals surface area (Å²) in [5, 5.41) is 0. The van der Waals surface area contributed by atoms with E-state index in [-0.39, 0.29) is 23.6 Å². The Kier molecular flexibility index (Phi) is 4.00. The molecule has 166 valence electrons. The van der Waals surface area contributed by atoms with Gasteiger partial charge in [0.05, 0.1) is 47.7 Å². The Morgan fingerprint density at radius 3 is 2.28 bits per heavy atom. The van der Waals surface area contributed by atoms with E-state index in [0.717, 1.165) is 25.9 Å². The zero-order chi connectivity index (χ0) is 22.4. The van der Waals surface area contributed by atoms with Gasteiger partial charge in [-0.1, -0.05) is 24.3 Å². The molecule has 0 radical (unpaired) electrons. The Labute approximate surface area is 185 Å². The molecule has 8 nitrogen and oxygen atoms in total. The maximum absolute atomic E-state index is 13.8. The lowest BCUT2D eigenvalue weighted by molar-refractivity contribution is -0.190. The van der Waals surface area contributed by atoms with Gasteiger partial charge in [-0.25, -0.2) is 9.69 Å². The van der Waals surface area contributed by atoms with E-state index in [2.05, 4.69) is 4.90 Å². The van der Waals surface area contributed by atoms with Gasteiger partial charge in [-0.3, -0.25) is 19.3 Å². The van der Waals surface area contributed by atoms with Crippen molar-refractivity contribution < 1.29 is 23.9 Å². The maximum Gasteiger partial charge on any atom is 0.335 e. The molecule has 7 rings (SSSR count). The van der Waals surface area contributed by atoms with Crippen LogP contribution in [0.1, 0.15) is 12.8 Å². The molecule has 32 heavy (non-hydrogen) atoms. The van der Waals surface area contributed by atoms with E-state index in [4.69, 9.17) is 4.74 Å². The second-order valence-electron chi connectivity index (χ2n) is 9.44. The Balaban J connectivity index is 1.53. The van der Waals surface area contributed by atoms with E-state index < -0.39 is 35.3 Å². The standard InChI is InChI=1S/C24H25N3O5/c1-25-19-18-17(21(29)27(22(18)30)13-8-4-3-5-9-13)16(20(25)28)14-12-15(23(31)32-2)24(14,19)26-10-6-7-11-26/h3-5,8-9,12,14,16-19H,6-7,10-11H2,1-2H3/t14-,16-,17+,18+,19-,24-/m1/s1. The van der Waals surface area contributed by atoms with Gasteiger partial charge >= 0.3 is 5.97 Å². The van der Waals surface area contributed by atoms with Crippen molar-refractivity contribution in [2.45, 2.75) is 24.4 Å². The van der Waals surface area contributed by atoms with Crippen LogP contribution in [0.4, 0.5) is 5.69 Å². The van der Waals surface area contributed by atoms with E-state index >= 15 is 0 Å². The van der Waals surface area contributed by atoms with E-state index in [1.165, 1.54) is 12.0 Å². The van der Waals surface area contributed by atoms with Gasteiger partial charge in [-0.2, -0.15) is 0 Å². The quantitative estimate of drug-likeness (QED) is 0.516. The highest BCUT2D eigenvalue weighted by Gasteiger charge is 2.78. The fourth-order valence-corrected chi connectivity index (χ4v) is 7.22. The molecule has 4 aliphatic heterocycles. The SMILES string of the molecule is COC(=O)C1=C[C@@H]2[C@H]3C(=O)N(C)[C@H]([C@H]4C(=O)N(c5ccccc5)C(=O)[C@@H]34)[C@]12N1CCCC1. The molecule has 4 saturated heterocycles. The van der Waals surface area contributed by atoms with Crippen molar-refractivity contribution in [3.8, 4) is 0 Å². The summed E-state index contributed by atoms with van der Waals surface area (Å²) in [6, 6.07) is 8.30. The summed E-state index contributed by atoms with van der Waals surface area (Å²) in [5.41, 5.74) is 0.272. The van der Waals surface area contributed by atoms with Crippen LogP contribution in [0, 0.1) is 23.7 Å². The zero-order valence-corrected chi connectivity index (χ0v) is 18.1. The molecule has 0 spiro atoms. The molecular weight excluding hydrogens is 410 g/mol. The average molecular weight is 435 g/mol. The lowest BCUT2D eigenvalue weighted by atomic mass is 9.45. The van der Waals surface area contributed by atoms with Crippen LogP contribution in [-0.2, 0) is 23.9 Å². The van der Waals surface area contributed by atoms with E-state index in [1.54, 1.807) is 36.2 Å². The predicted molar refractivity (Wildman–Crippen MR) is 113 cm³/mol. The van der Waals surface area contributed by atoms with E-state index in [9.17, 15) is 19.2 Å². The molecule has 8 heteroatoms. The Morgan fingerprint density at radius 2 is 1.62 bits per heavy atom. The molecule has 3 amide bonds. The molecule has 6 atom stereocenters. The van der Waals surface area contributed by atoms with Crippen molar-refractivity contribution in [2.24, 2.45) is 23.7 Å². The highest BCUT2D eigenvalue weighted by atomic mass is 16.5. The number of piperidine rings is 2. The summed E-state index contributed by atoms with van der Waals surface area (Å²) >= 11 is 0. The van der Waals surface area contributed by atoms with E-state index in [1.807, 2.05) is 12.1 Å². The van der Waals surface area contributed by atoms with Crippen molar-refractivity contribution in [1.29, 1.82) is 0 Å². The van der Waals surface area contributed by atoms with Gasteiger partial charge in [0.2, 0.25) is 17.7 Å². The first kappa shape index (κ1) is 19.7. The molecule has 0 unspecified atom stereocenters. The molecular formula is C24H25N3O5. The second-order valence-corrected chi connectivity index (χ2v) is 9.44. The molecule has 4 heterocycles. The maximum atomic E-state index is 13.8. The number of carbonyl (C=O) groups excluding carboxylic acids is 4. The van der Waals surface area contributed by atoms with Crippen LogP contribution in [0.5, 0.6) is 0 Å². The fraction of sp³-hybridized carbons (Fsp3) is 0.500. The Hall–Kier alpha value is -3.00. The molecule has 0 N–H and O–H groups in total. The van der Waals surface area contributed by atoms with Crippen LogP contribution in [0.15, 0.2) is 42.0 Å². The third-order valence-electron chi connectivity index (χ3n) is 8.35. The van der Waals surface area contributed by atoms with Crippen molar-refractivity contribution in [2.75, 3.05) is 32.1 Å². The second kappa shape index (κ2) is 6.51. The number of anilines is 1. The summed E-state index contributed by atoms with van der Waals surface area (Å²) in [5.74, 6) is -3.45. The highest BCUT2D eigenvalue weighted by molar-refractivity contribution is 6.24. The van der Waals surface area contributed by atoms with Crippen LogP contribution in [0.25, 0.3) is 0 Å². The minimum absolute atomic E-state index is 0.118. The first-order valence-electron chi connectivity index (χ1n) is 11.2. The number of nitrogens with zero attached hydrogens (tertiary/aromatic N) is 3. The first-order valence-corrected chi connectivity index (χ1v) is 11.2. The number of rotatable bonds is 3. The number of esters is 1. The summed E-state index contributed by atoms with van der Waals surface area (Å²) in [6.07, 6.45) is 3.82. The van der Waals surface area contributed by atoms with Gasteiger partial charge < -0.3 is 9.64 Å². The molecule has 0 aromatic heterocycles.